The van der Waals surface area contributed by atoms with E-state index in [1.807, 2.05) is 6.07 Å². The Labute approximate surface area is 142 Å². The fraction of sp³-hybridized carbons (Fsp3) is 0.111. The second-order valence-electron chi connectivity index (χ2n) is 5.48. The summed E-state index contributed by atoms with van der Waals surface area (Å²) in [5, 5.41) is 16.4. The number of carbonyl (C=O) groups excluding carboxylic acids is 1. The van der Waals surface area contributed by atoms with Crippen LogP contribution in [0.2, 0.25) is 0 Å². The van der Waals surface area contributed by atoms with Gasteiger partial charge < -0.3 is 10.4 Å². The Hall–Kier alpha value is -3.48. The molecule has 1 amide bonds. The maximum absolute atomic E-state index is 12.6. The molecule has 1 heterocycles. The Balaban J connectivity index is 2.05. The summed E-state index contributed by atoms with van der Waals surface area (Å²) < 4.78 is 0.907. The van der Waals surface area contributed by atoms with Gasteiger partial charge >= 0.3 is 5.97 Å². The number of hydrogen-bond donors (Lipinski definition) is 2. The number of carbonyl (C=O) groups is 2. The van der Waals surface area contributed by atoms with Crippen LogP contribution in [0.1, 0.15) is 23.5 Å². The zero-order chi connectivity index (χ0) is 18.0. The molecule has 126 valence electrons. The van der Waals surface area contributed by atoms with Crippen LogP contribution in [0.5, 0.6) is 0 Å². The van der Waals surface area contributed by atoms with E-state index in [-0.39, 0.29) is 16.5 Å². The third-order valence-electron chi connectivity index (χ3n) is 3.82. The molecule has 1 atom stereocenters. The first kappa shape index (κ1) is 16.4. The number of aromatic carboxylic acids is 1. The maximum Gasteiger partial charge on any atom is 0.357 e. The highest BCUT2D eigenvalue weighted by molar-refractivity contribution is 6.01. The molecular formula is C18H15N3O4. The molecule has 0 aliphatic carbocycles. The molecule has 3 aromatic rings. The van der Waals surface area contributed by atoms with Gasteiger partial charge in [0.2, 0.25) is 5.91 Å². The highest BCUT2D eigenvalue weighted by atomic mass is 16.4. The predicted molar refractivity (Wildman–Crippen MR) is 92.7 cm³/mol. The first-order valence-electron chi connectivity index (χ1n) is 7.60. The Morgan fingerprint density at radius 3 is 2.28 bits per heavy atom. The second kappa shape index (κ2) is 6.56. The zero-order valence-corrected chi connectivity index (χ0v) is 13.3. The lowest BCUT2D eigenvalue weighted by Crippen LogP contribution is -2.34. The van der Waals surface area contributed by atoms with Crippen molar-refractivity contribution in [1.29, 1.82) is 0 Å². The summed E-state index contributed by atoms with van der Waals surface area (Å²) in [6, 6.07) is 14.1. The van der Waals surface area contributed by atoms with Crippen LogP contribution in [0.25, 0.3) is 10.8 Å². The Kier molecular flexibility index (Phi) is 4.30. The SMILES string of the molecule is C[C@@H](C(=O)Nc1ccccc1)n1nc(C(=O)O)c2ccccc2c1=O. The molecule has 2 aromatic carbocycles. The van der Waals surface area contributed by atoms with Crippen molar-refractivity contribution < 1.29 is 14.7 Å². The molecule has 0 bridgehead atoms. The molecule has 1 aromatic heterocycles. The number of carboxylic acid groups (broad SMARTS) is 1. The average Bonchev–Trinajstić information content (AvgIpc) is 2.62. The van der Waals surface area contributed by atoms with Gasteiger partial charge in [-0.1, -0.05) is 36.4 Å². The molecule has 7 nitrogen and oxygen atoms in total. The van der Waals surface area contributed by atoms with Crippen molar-refractivity contribution in [2.75, 3.05) is 5.32 Å². The number of nitrogens with zero attached hydrogens (tertiary/aromatic N) is 2. The summed E-state index contributed by atoms with van der Waals surface area (Å²) in [6.45, 7) is 1.49. The molecule has 0 aliphatic rings. The molecule has 0 unspecified atom stereocenters. The highest BCUT2D eigenvalue weighted by Crippen LogP contribution is 2.16. The van der Waals surface area contributed by atoms with Crippen molar-refractivity contribution in [3.8, 4) is 0 Å². The molecule has 2 N–H and O–H groups in total. The van der Waals surface area contributed by atoms with Crippen molar-refractivity contribution in [3.05, 3.63) is 70.6 Å². The van der Waals surface area contributed by atoms with Gasteiger partial charge in [-0.05, 0) is 25.1 Å². The Morgan fingerprint density at radius 1 is 1.04 bits per heavy atom. The zero-order valence-electron chi connectivity index (χ0n) is 13.3. The summed E-state index contributed by atoms with van der Waals surface area (Å²) in [5.74, 6) is -1.73. The topological polar surface area (TPSA) is 101 Å². The van der Waals surface area contributed by atoms with Crippen molar-refractivity contribution in [1.82, 2.24) is 9.78 Å². The number of anilines is 1. The Bertz CT molecular complexity index is 1010. The van der Waals surface area contributed by atoms with Gasteiger partial charge in [-0.3, -0.25) is 9.59 Å². The number of benzene rings is 2. The first-order chi connectivity index (χ1) is 12.0. The number of carboxylic acids is 1. The van der Waals surface area contributed by atoms with E-state index in [1.165, 1.54) is 19.1 Å². The molecule has 0 spiro atoms. The molecule has 0 saturated heterocycles. The van der Waals surface area contributed by atoms with Gasteiger partial charge in [0.1, 0.15) is 6.04 Å². The van der Waals surface area contributed by atoms with Gasteiger partial charge in [0, 0.05) is 11.1 Å². The van der Waals surface area contributed by atoms with E-state index in [9.17, 15) is 19.5 Å². The van der Waals surface area contributed by atoms with Crippen LogP contribution in [-0.4, -0.2) is 26.8 Å². The third kappa shape index (κ3) is 3.12. The largest absolute Gasteiger partial charge is 0.476 e. The summed E-state index contributed by atoms with van der Waals surface area (Å²) in [6.07, 6.45) is 0. The minimum atomic E-state index is -1.26. The van der Waals surface area contributed by atoms with Crippen molar-refractivity contribution in [2.24, 2.45) is 0 Å². The normalized spacial score (nSPS) is 11.9. The average molecular weight is 337 g/mol. The highest BCUT2D eigenvalue weighted by Gasteiger charge is 2.22. The fourth-order valence-corrected chi connectivity index (χ4v) is 2.51. The quantitative estimate of drug-likeness (QED) is 0.760. The van der Waals surface area contributed by atoms with E-state index in [2.05, 4.69) is 10.4 Å². The summed E-state index contributed by atoms with van der Waals surface area (Å²) in [7, 11) is 0. The standard InChI is InChI=1S/C18H15N3O4/c1-11(16(22)19-12-7-3-2-4-8-12)21-17(23)14-10-6-5-9-13(14)15(20-21)18(24)25/h2-11H,1H3,(H,19,22)(H,24,25)/t11-/m0/s1. The van der Waals surface area contributed by atoms with E-state index in [0.29, 0.717) is 5.69 Å². The third-order valence-corrected chi connectivity index (χ3v) is 3.82. The van der Waals surface area contributed by atoms with Crippen LogP contribution in [-0.2, 0) is 4.79 Å². The number of aromatic nitrogens is 2. The number of fused-ring (bicyclic) bond motifs is 1. The van der Waals surface area contributed by atoms with E-state index in [0.717, 1.165) is 4.68 Å². The maximum atomic E-state index is 12.6. The smallest absolute Gasteiger partial charge is 0.357 e. The van der Waals surface area contributed by atoms with Crippen molar-refractivity contribution in [2.45, 2.75) is 13.0 Å². The van der Waals surface area contributed by atoms with Crippen molar-refractivity contribution >= 4 is 28.3 Å². The van der Waals surface area contributed by atoms with Crippen LogP contribution >= 0.6 is 0 Å². The summed E-state index contributed by atoms with van der Waals surface area (Å²) in [5.41, 5.74) is -0.211. The van der Waals surface area contributed by atoms with Gasteiger partial charge in [-0.15, -0.1) is 0 Å². The molecular weight excluding hydrogens is 322 g/mol. The van der Waals surface area contributed by atoms with E-state index in [4.69, 9.17) is 0 Å². The first-order valence-corrected chi connectivity index (χ1v) is 7.60. The van der Waals surface area contributed by atoms with Gasteiger partial charge in [-0.25, -0.2) is 9.48 Å². The molecule has 0 aliphatic heterocycles. The monoisotopic (exact) mass is 337 g/mol. The number of para-hydroxylation sites is 1. The number of hydrogen-bond acceptors (Lipinski definition) is 4. The Morgan fingerprint density at radius 2 is 1.64 bits per heavy atom. The lowest BCUT2D eigenvalue weighted by Gasteiger charge is -2.15. The molecule has 0 fully saturated rings. The van der Waals surface area contributed by atoms with Crippen molar-refractivity contribution in [3.63, 3.8) is 0 Å². The van der Waals surface area contributed by atoms with Gasteiger partial charge in [0.15, 0.2) is 5.69 Å². The van der Waals surface area contributed by atoms with Crippen LogP contribution in [0.15, 0.2) is 59.4 Å². The lowest BCUT2D eigenvalue weighted by molar-refractivity contribution is -0.119. The van der Waals surface area contributed by atoms with E-state index >= 15 is 0 Å². The molecule has 0 saturated carbocycles. The minimum Gasteiger partial charge on any atom is -0.476 e. The minimum absolute atomic E-state index is 0.203. The predicted octanol–water partition coefficient (Wildman–Crippen LogP) is 2.29. The van der Waals surface area contributed by atoms with Crippen LogP contribution < -0.4 is 10.9 Å². The van der Waals surface area contributed by atoms with E-state index < -0.39 is 23.5 Å². The molecule has 25 heavy (non-hydrogen) atoms. The fourth-order valence-electron chi connectivity index (χ4n) is 2.51. The number of nitrogens with one attached hydrogen (secondary N) is 1. The van der Waals surface area contributed by atoms with Crippen LogP contribution in [0, 0.1) is 0 Å². The second-order valence-corrected chi connectivity index (χ2v) is 5.48. The molecule has 3 rings (SSSR count). The van der Waals surface area contributed by atoms with E-state index in [1.54, 1.807) is 36.4 Å². The summed E-state index contributed by atoms with van der Waals surface area (Å²) >= 11 is 0. The van der Waals surface area contributed by atoms with Crippen LogP contribution in [0.3, 0.4) is 0 Å². The van der Waals surface area contributed by atoms with Gasteiger partial charge in [0.05, 0.1) is 5.39 Å². The lowest BCUT2D eigenvalue weighted by atomic mass is 10.1. The van der Waals surface area contributed by atoms with Crippen LogP contribution in [0.4, 0.5) is 5.69 Å². The molecule has 7 heteroatoms. The van der Waals surface area contributed by atoms with Gasteiger partial charge in [0.25, 0.3) is 5.56 Å². The van der Waals surface area contributed by atoms with Gasteiger partial charge in [-0.2, -0.15) is 5.10 Å². The number of rotatable bonds is 4. The number of amides is 1. The molecule has 0 radical (unpaired) electrons. The summed E-state index contributed by atoms with van der Waals surface area (Å²) in [4.78, 5) is 36.5.